The Morgan fingerprint density at radius 3 is 3.00 bits per heavy atom. The molecule has 0 bridgehead atoms. The Kier molecular flexibility index (Phi) is 3.67. The van der Waals surface area contributed by atoms with Crippen LogP contribution in [0.1, 0.15) is 38.5 Å². The topological polar surface area (TPSA) is 61.8 Å². The van der Waals surface area contributed by atoms with Gasteiger partial charge in [-0.3, -0.25) is 0 Å². The van der Waals surface area contributed by atoms with Gasteiger partial charge in [-0.05, 0) is 25.7 Å². The molecular weight excluding hydrogens is 244 g/mol. The number of hydrogen-bond acceptors (Lipinski definition) is 3. The van der Waals surface area contributed by atoms with Crippen LogP contribution in [0, 0.1) is 5.92 Å². The van der Waals surface area contributed by atoms with Crippen molar-refractivity contribution in [2.75, 3.05) is 26.3 Å². The Morgan fingerprint density at radius 1 is 1.32 bits per heavy atom. The molecule has 3 fully saturated rings. The van der Waals surface area contributed by atoms with Gasteiger partial charge in [0.1, 0.15) is 0 Å². The van der Waals surface area contributed by atoms with E-state index in [0.717, 1.165) is 38.7 Å². The molecule has 3 atom stereocenters. The summed E-state index contributed by atoms with van der Waals surface area (Å²) in [6.07, 6.45) is 5.90. The lowest BCUT2D eigenvalue weighted by molar-refractivity contribution is -0.0871. The number of urea groups is 1. The first kappa shape index (κ1) is 13.2. The van der Waals surface area contributed by atoms with Crippen molar-refractivity contribution < 1.29 is 14.6 Å². The maximum atomic E-state index is 12.2. The second kappa shape index (κ2) is 5.29. The summed E-state index contributed by atoms with van der Waals surface area (Å²) in [7, 11) is 0. The summed E-state index contributed by atoms with van der Waals surface area (Å²) in [5, 5.41) is 13.6. The predicted octanol–water partition coefficient (Wildman–Crippen LogP) is 1.11. The van der Waals surface area contributed by atoms with Gasteiger partial charge in [0, 0.05) is 25.6 Å². The number of carbonyl (C=O) groups excluding carboxylic acids is 1. The second-order valence-corrected chi connectivity index (χ2v) is 6.25. The summed E-state index contributed by atoms with van der Waals surface area (Å²) in [5.41, 5.74) is -0.508. The molecule has 2 N–H and O–H groups in total. The highest BCUT2D eigenvalue weighted by molar-refractivity contribution is 5.74. The quantitative estimate of drug-likeness (QED) is 0.749. The summed E-state index contributed by atoms with van der Waals surface area (Å²) in [6, 6.07) is 0.183. The van der Waals surface area contributed by atoms with Crippen LogP contribution in [0.3, 0.4) is 0 Å². The number of amides is 2. The van der Waals surface area contributed by atoms with Crippen molar-refractivity contribution in [1.29, 1.82) is 0 Å². The molecule has 3 unspecified atom stereocenters. The van der Waals surface area contributed by atoms with Crippen LogP contribution in [0.25, 0.3) is 0 Å². The molecular formula is C14H24N2O3. The van der Waals surface area contributed by atoms with Gasteiger partial charge in [0.25, 0.3) is 0 Å². The number of ether oxygens (including phenoxy) is 1. The van der Waals surface area contributed by atoms with Gasteiger partial charge in [0.05, 0.1) is 18.2 Å². The lowest BCUT2D eigenvalue weighted by atomic mass is 9.71. The van der Waals surface area contributed by atoms with Crippen molar-refractivity contribution in [2.24, 2.45) is 5.92 Å². The number of likely N-dealkylation sites (tertiary alicyclic amines) is 1. The maximum Gasteiger partial charge on any atom is 0.317 e. The molecule has 3 rings (SSSR count). The van der Waals surface area contributed by atoms with E-state index >= 15 is 0 Å². The molecule has 2 aliphatic heterocycles. The van der Waals surface area contributed by atoms with Gasteiger partial charge in [0.2, 0.25) is 0 Å². The maximum absolute atomic E-state index is 12.2. The number of nitrogens with zero attached hydrogens (tertiary/aromatic N) is 1. The third-order valence-corrected chi connectivity index (χ3v) is 4.97. The highest BCUT2D eigenvalue weighted by Crippen LogP contribution is 2.39. The first-order valence-corrected chi connectivity index (χ1v) is 7.53. The third kappa shape index (κ3) is 2.72. The normalized spacial score (nSPS) is 38.9. The molecule has 2 saturated heterocycles. The Morgan fingerprint density at radius 2 is 2.21 bits per heavy atom. The fourth-order valence-electron chi connectivity index (χ4n) is 3.67. The fourth-order valence-corrected chi connectivity index (χ4v) is 3.67. The van der Waals surface area contributed by atoms with Gasteiger partial charge in [-0.1, -0.05) is 12.8 Å². The van der Waals surface area contributed by atoms with E-state index in [4.69, 9.17) is 4.74 Å². The SMILES string of the molecule is O=C(NC1CCOC1)N1CCC2(O)CCCCC2C1. The molecule has 0 aromatic carbocycles. The predicted molar refractivity (Wildman–Crippen MR) is 70.9 cm³/mol. The van der Waals surface area contributed by atoms with Crippen LogP contribution < -0.4 is 5.32 Å². The van der Waals surface area contributed by atoms with E-state index in [-0.39, 0.29) is 18.0 Å². The number of piperidine rings is 1. The first-order valence-electron chi connectivity index (χ1n) is 7.53. The zero-order chi connectivity index (χ0) is 13.3. The van der Waals surface area contributed by atoms with Gasteiger partial charge in [0.15, 0.2) is 0 Å². The molecule has 0 aromatic rings. The molecule has 3 aliphatic rings. The van der Waals surface area contributed by atoms with Crippen molar-refractivity contribution in [3.05, 3.63) is 0 Å². The molecule has 0 spiro atoms. The third-order valence-electron chi connectivity index (χ3n) is 4.97. The van der Waals surface area contributed by atoms with E-state index in [1.54, 1.807) is 0 Å². The average molecular weight is 268 g/mol. The minimum Gasteiger partial charge on any atom is -0.389 e. The molecule has 19 heavy (non-hydrogen) atoms. The number of fused-ring (bicyclic) bond motifs is 1. The molecule has 0 radical (unpaired) electrons. The minimum atomic E-state index is -0.508. The number of aliphatic hydroxyl groups is 1. The molecule has 2 amide bonds. The average Bonchev–Trinajstić information content (AvgIpc) is 2.90. The van der Waals surface area contributed by atoms with E-state index in [1.165, 1.54) is 6.42 Å². The smallest absolute Gasteiger partial charge is 0.317 e. The van der Waals surface area contributed by atoms with E-state index in [0.29, 0.717) is 19.7 Å². The van der Waals surface area contributed by atoms with Crippen LogP contribution in [0.5, 0.6) is 0 Å². The van der Waals surface area contributed by atoms with E-state index in [2.05, 4.69) is 5.32 Å². The summed E-state index contributed by atoms with van der Waals surface area (Å²) < 4.78 is 5.27. The lowest BCUT2D eigenvalue weighted by Crippen LogP contribution is -2.57. The largest absolute Gasteiger partial charge is 0.389 e. The van der Waals surface area contributed by atoms with E-state index < -0.39 is 5.60 Å². The van der Waals surface area contributed by atoms with E-state index in [1.807, 2.05) is 4.90 Å². The van der Waals surface area contributed by atoms with Gasteiger partial charge in [-0.2, -0.15) is 0 Å². The molecule has 2 heterocycles. The zero-order valence-electron chi connectivity index (χ0n) is 11.4. The van der Waals surface area contributed by atoms with Crippen molar-refractivity contribution in [2.45, 2.75) is 50.2 Å². The highest BCUT2D eigenvalue weighted by Gasteiger charge is 2.43. The summed E-state index contributed by atoms with van der Waals surface area (Å²) in [4.78, 5) is 14.1. The molecule has 1 saturated carbocycles. The molecule has 108 valence electrons. The van der Waals surface area contributed by atoms with Gasteiger partial charge in [-0.15, -0.1) is 0 Å². The summed E-state index contributed by atoms with van der Waals surface area (Å²) in [5.74, 6) is 0.264. The highest BCUT2D eigenvalue weighted by atomic mass is 16.5. The van der Waals surface area contributed by atoms with Crippen LogP contribution in [-0.4, -0.2) is 54.0 Å². The Hall–Kier alpha value is -0.810. The number of carbonyl (C=O) groups is 1. The van der Waals surface area contributed by atoms with Gasteiger partial charge < -0.3 is 20.1 Å². The first-order chi connectivity index (χ1) is 9.17. The molecule has 5 heteroatoms. The van der Waals surface area contributed by atoms with Crippen LogP contribution >= 0.6 is 0 Å². The van der Waals surface area contributed by atoms with E-state index in [9.17, 15) is 9.90 Å². The van der Waals surface area contributed by atoms with Gasteiger partial charge >= 0.3 is 6.03 Å². The number of rotatable bonds is 1. The number of nitrogens with one attached hydrogen (secondary N) is 1. The van der Waals surface area contributed by atoms with Crippen molar-refractivity contribution >= 4 is 6.03 Å². The fraction of sp³-hybridized carbons (Fsp3) is 0.929. The Labute approximate surface area is 114 Å². The zero-order valence-corrected chi connectivity index (χ0v) is 11.4. The molecule has 1 aliphatic carbocycles. The van der Waals surface area contributed by atoms with Crippen molar-refractivity contribution in [3.8, 4) is 0 Å². The van der Waals surface area contributed by atoms with Gasteiger partial charge in [-0.25, -0.2) is 4.79 Å². The number of hydrogen-bond donors (Lipinski definition) is 2. The standard InChI is InChI=1S/C14H24N2O3/c17-13(15-12-4-8-19-10-12)16-7-6-14(18)5-2-1-3-11(14)9-16/h11-12,18H,1-10H2,(H,15,17). The van der Waals surface area contributed by atoms with Crippen LogP contribution in [-0.2, 0) is 4.74 Å². The lowest BCUT2D eigenvalue weighted by Gasteiger charge is -2.47. The summed E-state index contributed by atoms with van der Waals surface area (Å²) >= 11 is 0. The van der Waals surface area contributed by atoms with Crippen LogP contribution in [0.2, 0.25) is 0 Å². The summed E-state index contributed by atoms with van der Waals surface area (Å²) in [6.45, 7) is 2.75. The molecule has 5 nitrogen and oxygen atoms in total. The van der Waals surface area contributed by atoms with Crippen LogP contribution in [0.4, 0.5) is 4.79 Å². The van der Waals surface area contributed by atoms with Crippen LogP contribution in [0.15, 0.2) is 0 Å². The van der Waals surface area contributed by atoms with Crippen molar-refractivity contribution in [3.63, 3.8) is 0 Å². The minimum absolute atomic E-state index is 0.0168. The Bertz CT molecular complexity index is 344. The second-order valence-electron chi connectivity index (χ2n) is 6.25. The molecule has 0 aromatic heterocycles. The monoisotopic (exact) mass is 268 g/mol. The van der Waals surface area contributed by atoms with Crippen molar-refractivity contribution in [1.82, 2.24) is 10.2 Å². The Balaban J connectivity index is 1.56.